The molecule has 1 aromatic rings. The maximum Gasteiger partial charge on any atom is 0.336 e. The predicted octanol–water partition coefficient (Wildman–Crippen LogP) is 2.18. The summed E-state index contributed by atoms with van der Waals surface area (Å²) >= 11 is 0. The SMILES string of the molecule is C=C(C(=O)OCC)C(O)C=Cc1ccccc1. The molecule has 0 saturated heterocycles. The first-order chi connectivity index (χ1) is 8.15. The Hall–Kier alpha value is -1.87. The van der Waals surface area contributed by atoms with E-state index in [-0.39, 0.29) is 12.2 Å². The Morgan fingerprint density at radius 3 is 2.71 bits per heavy atom. The van der Waals surface area contributed by atoms with Gasteiger partial charge in [-0.3, -0.25) is 0 Å². The summed E-state index contributed by atoms with van der Waals surface area (Å²) in [6.07, 6.45) is 2.22. The zero-order valence-corrected chi connectivity index (χ0v) is 9.80. The number of aliphatic hydroxyl groups is 1. The third kappa shape index (κ3) is 4.25. The van der Waals surface area contributed by atoms with E-state index < -0.39 is 12.1 Å². The Morgan fingerprint density at radius 2 is 2.12 bits per heavy atom. The smallest absolute Gasteiger partial charge is 0.336 e. The van der Waals surface area contributed by atoms with Crippen molar-refractivity contribution in [3.8, 4) is 0 Å². The van der Waals surface area contributed by atoms with Crippen LogP contribution >= 0.6 is 0 Å². The van der Waals surface area contributed by atoms with Gasteiger partial charge in [0.25, 0.3) is 0 Å². The van der Waals surface area contributed by atoms with Gasteiger partial charge in [0.15, 0.2) is 0 Å². The molecule has 0 aliphatic carbocycles. The van der Waals surface area contributed by atoms with Crippen LogP contribution in [-0.2, 0) is 9.53 Å². The summed E-state index contributed by atoms with van der Waals surface area (Å²) in [6, 6.07) is 9.50. The van der Waals surface area contributed by atoms with Gasteiger partial charge in [-0.25, -0.2) is 4.79 Å². The van der Waals surface area contributed by atoms with Crippen molar-refractivity contribution in [2.75, 3.05) is 6.61 Å². The lowest BCUT2D eigenvalue weighted by molar-refractivity contribution is -0.139. The number of carbonyl (C=O) groups excluding carboxylic acids is 1. The van der Waals surface area contributed by atoms with Gasteiger partial charge in [-0.1, -0.05) is 49.1 Å². The monoisotopic (exact) mass is 232 g/mol. The second-order valence-corrected chi connectivity index (χ2v) is 3.46. The molecule has 0 aromatic heterocycles. The molecule has 0 saturated carbocycles. The van der Waals surface area contributed by atoms with Gasteiger partial charge in [0.1, 0.15) is 6.10 Å². The van der Waals surface area contributed by atoms with Crippen LogP contribution in [0.5, 0.6) is 0 Å². The molecule has 3 nitrogen and oxygen atoms in total. The molecule has 17 heavy (non-hydrogen) atoms. The van der Waals surface area contributed by atoms with E-state index in [1.807, 2.05) is 30.3 Å². The molecular formula is C14H16O3. The van der Waals surface area contributed by atoms with Crippen molar-refractivity contribution in [1.82, 2.24) is 0 Å². The third-order valence-corrected chi connectivity index (χ3v) is 2.17. The minimum absolute atomic E-state index is 0.0408. The predicted molar refractivity (Wildman–Crippen MR) is 67.3 cm³/mol. The topological polar surface area (TPSA) is 46.5 Å². The van der Waals surface area contributed by atoms with Crippen LogP contribution in [0.15, 0.2) is 48.6 Å². The van der Waals surface area contributed by atoms with Crippen molar-refractivity contribution in [2.45, 2.75) is 13.0 Å². The molecular weight excluding hydrogens is 216 g/mol. The van der Waals surface area contributed by atoms with E-state index in [1.54, 1.807) is 13.0 Å². The highest BCUT2D eigenvalue weighted by atomic mass is 16.5. The molecule has 0 aliphatic rings. The van der Waals surface area contributed by atoms with Crippen molar-refractivity contribution < 1.29 is 14.6 Å². The molecule has 0 aliphatic heterocycles. The number of aliphatic hydroxyl groups excluding tert-OH is 1. The first-order valence-electron chi connectivity index (χ1n) is 5.42. The van der Waals surface area contributed by atoms with Crippen molar-refractivity contribution >= 4 is 12.0 Å². The Labute approximate surface area is 101 Å². The van der Waals surface area contributed by atoms with Gasteiger partial charge in [-0.15, -0.1) is 0 Å². The van der Waals surface area contributed by atoms with Gasteiger partial charge < -0.3 is 9.84 Å². The summed E-state index contributed by atoms with van der Waals surface area (Å²) in [5.74, 6) is -0.572. The Morgan fingerprint density at radius 1 is 1.47 bits per heavy atom. The molecule has 0 amide bonds. The minimum Gasteiger partial charge on any atom is -0.463 e. The Bertz CT molecular complexity index is 407. The van der Waals surface area contributed by atoms with Gasteiger partial charge in [-0.05, 0) is 12.5 Å². The van der Waals surface area contributed by atoms with Gasteiger partial charge in [-0.2, -0.15) is 0 Å². The Kier molecular flexibility index (Phi) is 5.17. The quantitative estimate of drug-likeness (QED) is 0.625. The summed E-state index contributed by atoms with van der Waals surface area (Å²) in [5, 5.41) is 9.69. The number of hydrogen-bond acceptors (Lipinski definition) is 3. The minimum atomic E-state index is -1.02. The molecule has 0 heterocycles. The number of ether oxygens (including phenoxy) is 1. The molecule has 0 fully saturated rings. The zero-order valence-electron chi connectivity index (χ0n) is 9.80. The van der Waals surface area contributed by atoms with Crippen LogP contribution in [0.1, 0.15) is 12.5 Å². The highest BCUT2D eigenvalue weighted by Gasteiger charge is 2.14. The molecule has 3 heteroatoms. The van der Waals surface area contributed by atoms with Gasteiger partial charge in [0.05, 0.1) is 12.2 Å². The molecule has 0 radical (unpaired) electrons. The van der Waals surface area contributed by atoms with Crippen LogP contribution in [-0.4, -0.2) is 23.8 Å². The molecule has 1 aromatic carbocycles. The lowest BCUT2D eigenvalue weighted by Crippen LogP contribution is -2.17. The van der Waals surface area contributed by atoms with Crippen molar-refractivity contribution in [2.24, 2.45) is 0 Å². The van der Waals surface area contributed by atoms with Crippen LogP contribution in [0.4, 0.5) is 0 Å². The van der Waals surface area contributed by atoms with Crippen molar-refractivity contribution in [1.29, 1.82) is 0 Å². The van der Waals surface area contributed by atoms with Gasteiger partial charge in [0, 0.05) is 0 Å². The molecule has 1 rings (SSSR count). The largest absolute Gasteiger partial charge is 0.463 e. The van der Waals surface area contributed by atoms with E-state index in [0.717, 1.165) is 5.56 Å². The second kappa shape index (κ2) is 6.66. The van der Waals surface area contributed by atoms with E-state index >= 15 is 0 Å². The fourth-order valence-electron chi connectivity index (χ4n) is 1.23. The first kappa shape index (κ1) is 13.2. The number of esters is 1. The summed E-state index contributed by atoms with van der Waals surface area (Å²) in [4.78, 5) is 11.3. The molecule has 1 atom stereocenters. The summed E-state index contributed by atoms with van der Waals surface area (Å²) in [7, 11) is 0. The molecule has 90 valence electrons. The van der Waals surface area contributed by atoms with E-state index in [2.05, 4.69) is 6.58 Å². The highest BCUT2D eigenvalue weighted by Crippen LogP contribution is 2.07. The lowest BCUT2D eigenvalue weighted by atomic mass is 10.1. The van der Waals surface area contributed by atoms with Crippen LogP contribution in [0.25, 0.3) is 6.08 Å². The molecule has 1 unspecified atom stereocenters. The van der Waals surface area contributed by atoms with E-state index in [9.17, 15) is 9.90 Å². The van der Waals surface area contributed by atoms with Crippen LogP contribution in [0.2, 0.25) is 0 Å². The fraction of sp³-hybridized carbons (Fsp3) is 0.214. The molecule has 0 spiro atoms. The average molecular weight is 232 g/mol. The number of benzene rings is 1. The van der Waals surface area contributed by atoms with Crippen LogP contribution in [0, 0.1) is 0 Å². The van der Waals surface area contributed by atoms with Crippen molar-refractivity contribution in [3.63, 3.8) is 0 Å². The average Bonchev–Trinajstić information content (AvgIpc) is 2.36. The molecule has 1 N–H and O–H groups in total. The van der Waals surface area contributed by atoms with Gasteiger partial charge in [0.2, 0.25) is 0 Å². The van der Waals surface area contributed by atoms with Gasteiger partial charge >= 0.3 is 5.97 Å². The van der Waals surface area contributed by atoms with E-state index in [1.165, 1.54) is 6.08 Å². The van der Waals surface area contributed by atoms with Crippen LogP contribution < -0.4 is 0 Å². The maximum atomic E-state index is 11.3. The first-order valence-corrected chi connectivity index (χ1v) is 5.42. The molecule has 0 bridgehead atoms. The summed E-state index contributed by atoms with van der Waals surface area (Å²) < 4.78 is 4.74. The van der Waals surface area contributed by atoms with E-state index in [4.69, 9.17) is 4.74 Å². The zero-order chi connectivity index (χ0) is 12.7. The maximum absolute atomic E-state index is 11.3. The number of carbonyl (C=O) groups is 1. The fourth-order valence-corrected chi connectivity index (χ4v) is 1.23. The second-order valence-electron chi connectivity index (χ2n) is 3.46. The third-order valence-electron chi connectivity index (χ3n) is 2.17. The summed E-state index contributed by atoms with van der Waals surface area (Å²) in [5.41, 5.74) is 0.988. The number of rotatable bonds is 5. The van der Waals surface area contributed by atoms with Crippen LogP contribution in [0.3, 0.4) is 0 Å². The summed E-state index contributed by atoms with van der Waals surface area (Å²) in [6.45, 7) is 5.49. The standard InChI is InChI=1S/C14H16O3/c1-3-17-14(16)11(2)13(15)10-9-12-7-5-4-6-8-12/h4-10,13,15H,2-3H2,1H3. The highest BCUT2D eigenvalue weighted by molar-refractivity contribution is 5.89. The van der Waals surface area contributed by atoms with Crippen molar-refractivity contribution in [3.05, 3.63) is 54.1 Å². The normalized spacial score (nSPS) is 12.4. The lowest BCUT2D eigenvalue weighted by Gasteiger charge is -2.08. The van der Waals surface area contributed by atoms with E-state index in [0.29, 0.717) is 0 Å². The Balaban J connectivity index is 2.60. The number of hydrogen-bond donors (Lipinski definition) is 1.